The highest BCUT2D eigenvalue weighted by Crippen LogP contribution is 2.23. The van der Waals surface area contributed by atoms with E-state index < -0.39 is 0 Å². The zero-order valence-corrected chi connectivity index (χ0v) is 12.8. The summed E-state index contributed by atoms with van der Waals surface area (Å²) in [6.07, 6.45) is 1.73. The fraction of sp³-hybridized carbons (Fsp3) is 0.0769. The molecule has 0 aliphatic heterocycles. The molecule has 2 rings (SSSR count). The molecule has 1 heterocycles. The van der Waals surface area contributed by atoms with E-state index in [0.717, 1.165) is 5.56 Å². The van der Waals surface area contributed by atoms with Gasteiger partial charge in [0.25, 0.3) is 0 Å². The average molecular weight is 360 g/mol. The number of carbonyl (C=O) groups is 1. The number of hydrogen-bond donors (Lipinski definition) is 1. The molecule has 19 heavy (non-hydrogen) atoms. The van der Waals surface area contributed by atoms with Crippen molar-refractivity contribution in [2.24, 2.45) is 0 Å². The molecule has 3 nitrogen and oxygen atoms in total. The summed E-state index contributed by atoms with van der Waals surface area (Å²) in [4.78, 5) is 15.9. The predicted octanol–water partition coefficient (Wildman–Crippen LogP) is 4.33. The van der Waals surface area contributed by atoms with Crippen molar-refractivity contribution in [2.75, 3.05) is 5.32 Å². The molecule has 0 saturated heterocycles. The summed E-state index contributed by atoms with van der Waals surface area (Å²) < 4.78 is 0.538. The lowest BCUT2D eigenvalue weighted by Crippen LogP contribution is -2.15. The van der Waals surface area contributed by atoms with Crippen molar-refractivity contribution >= 4 is 50.7 Å². The van der Waals surface area contributed by atoms with Gasteiger partial charge < -0.3 is 5.32 Å². The Bertz CT molecular complexity index is 619. The molecule has 1 N–H and O–H groups in total. The highest BCUT2D eigenvalue weighted by molar-refractivity contribution is 9.10. The molecule has 6 heteroatoms. The lowest BCUT2D eigenvalue weighted by Gasteiger charge is -2.07. The number of carbonyl (C=O) groups excluding carboxylic acids is 1. The second kappa shape index (κ2) is 6.37. The first-order valence-electron chi connectivity index (χ1n) is 5.40. The smallest absolute Gasteiger partial charge is 0.228 e. The number of aromatic nitrogens is 1. The van der Waals surface area contributed by atoms with E-state index in [1.165, 1.54) is 6.20 Å². The van der Waals surface area contributed by atoms with Crippen LogP contribution in [-0.4, -0.2) is 10.9 Å². The van der Waals surface area contributed by atoms with E-state index in [0.29, 0.717) is 20.3 Å². The van der Waals surface area contributed by atoms with Gasteiger partial charge in [0, 0.05) is 11.2 Å². The zero-order valence-electron chi connectivity index (χ0n) is 9.66. The summed E-state index contributed by atoms with van der Waals surface area (Å²) in [5.41, 5.74) is 1.38. The number of anilines is 1. The van der Waals surface area contributed by atoms with Gasteiger partial charge in [0.05, 0.1) is 17.1 Å². The molecule has 1 aromatic carbocycles. The molecular formula is C13H9BrCl2N2O. The minimum atomic E-state index is -0.160. The number of nitrogens with one attached hydrogen (secondary N) is 1. The summed E-state index contributed by atoms with van der Waals surface area (Å²) in [5.74, 6) is -0.160. The van der Waals surface area contributed by atoms with Crippen molar-refractivity contribution in [3.63, 3.8) is 0 Å². The predicted molar refractivity (Wildman–Crippen MR) is 80.7 cm³/mol. The topological polar surface area (TPSA) is 42.0 Å². The van der Waals surface area contributed by atoms with Crippen LogP contribution < -0.4 is 5.32 Å². The van der Waals surface area contributed by atoms with Crippen LogP contribution in [0.3, 0.4) is 0 Å². The normalized spacial score (nSPS) is 10.3. The molecule has 0 spiro atoms. The number of pyridine rings is 1. The van der Waals surface area contributed by atoms with Gasteiger partial charge in [0.1, 0.15) is 4.60 Å². The third-order valence-electron chi connectivity index (χ3n) is 2.33. The molecule has 2 aromatic rings. The second-order valence-electron chi connectivity index (χ2n) is 3.85. The first kappa shape index (κ1) is 14.3. The maximum Gasteiger partial charge on any atom is 0.228 e. The summed E-state index contributed by atoms with van der Waals surface area (Å²) in [6, 6.07) is 8.81. The number of benzene rings is 1. The van der Waals surface area contributed by atoms with Crippen LogP contribution in [0, 0.1) is 0 Å². The number of halogens is 3. The molecule has 0 unspecified atom stereocenters. The van der Waals surface area contributed by atoms with E-state index >= 15 is 0 Å². The number of rotatable bonds is 3. The summed E-state index contributed by atoms with van der Waals surface area (Å²) in [5, 5.41) is 3.81. The third kappa shape index (κ3) is 4.20. The Balaban J connectivity index is 2.07. The van der Waals surface area contributed by atoms with Crippen molar-refractivity contribution in [2.45, 2.75) is 6.42 Å². The fourth-order valence-electron chi connectivity index (χ4n) is 1.54. The van der Waals surface area contributed by atoms with Crippen molar-refractivity contribution < 1.29 is 4.79 Å². The Kier molecular flexibility index (Phi) is 4.80. The van der Waals surface area contributed by atoms with Crippen LogP contribution in [0.4, 0.5) is 5.69 Å². The van der Waals surface area contributed by atoms with E-state index in [9.17, 15) is 4.79 Å². The van der Waals surface area contributed by atoms with Crippen LogP contribution in [0.25, 0.3) is 0 Å². The summed E-state index contributed by atoms with van der Waals surface area (Å²) in [7, 11) is 0. The lowest BCUT2D eigenvalue weighted by atomic mass is 10.1. The zero-order chi connectivity index (χ0) is 13.8. The van der Waals surface area contributed by atoms with Gasteiger partial charge in [-0.2, -0.15) is 0 Å². The molecule has 0 aliphatic rings. The van der Waals surface area contributed by atoms with Crippen LogP contribution in [0.15, 0.2) is 41.1 Å². The van der Waals surface area contributed by atoms with Gasteiger partial charge >= 0.3 is 0 Å². The standard InChI is InChI=1S/C13H9BrCl2N2O/c14-13-11(6-10(16)7-17-13)18-12(19)5-8-2-1-3-9(15)4-8/h1-4,6-7H,5H2,(H,18,19). The van der Waals surface area contributed by atoms with Gasteiger partial charge in [-0.05, 0) is 39.7 Å². The van der Waals surface area contributed by atoms with Crippen molar-refractivity contribution in [3.8, 4) is 0 Å². The summed E-state index contributed by atoms with van der Waals surface area (Å²) >= 11 is 14.9. The average Bonchev–Trinajstić information content (AvgIpc) is 2.34. The van der Waals surface area contributed by atoms with Gasteiger partial charge in [-0.25, -0.2) is 4.98 Å². The third-order valence-corrected chi connectivity index (χ3v) is 3.41. The van der Waals surface area contributed by atoms with E-state index in [-0.39, 0.29) is 12.3 Å². The van der Waals surface area contributed by atoms with Gasteiger partial charge in [-0.1, -0.05) is 35.3 Å². The Morgan fingerprint density at radius 2 is 2.05 bits per heavy atom. The van der Waals surface area contributed by atoms with Gasteiger partial charge in [0.2, 0.25) is 5.91 Å². The molecule has 0 fully saturated rings. The molecule has 0 bridgehead atoms. The molecule has 1 amide bonds. The Morgan fingerprint density at radius 3 is 2.79 bits per heavy atom. The maximum absolute atomic E-state index is 11.9. The molecule has 0 aliphatic carbocycles. The van der Waals surface area contributed by atoms with Crippen molar-refractivity contribution in [1.82, 2.24) is 4.98 Å². The minimum absolute atomic E-state index is 0.160. The Hall–Kier alpha value is -1.10. The van der Waals surface area contributed by atoms with Gasteiger partial charge in [-0.3, -0.25) is 4.79 Å². The van der Waals surface area contributed by atoms with E-state index in [1.54, 1.807) is 18.2 Å². The largest absolute Gasteiger partial charge is 0.323 e. The quantitative estimate of drug-likeness (QED) is 0.828. The molecule has 0 radical (unpaired) electrons. The molecule has 0 atom stereocenters. The van der Waals surface area contributed by atoms with Gasteiger partial charge in [-0.15, -0.1) is 0 Å². The number of hydrogen-bond acceptors (Lipinski definition) is 2. The van der Waals surface area contributed by atoms with Crippen LogP contribution in [0.2, 0.25) is 10.0 Å². The molecular weight excluding hydrogens is 351 g/mol. The van der Waals surface area contributed by atoms with Crippen LogP contribution in [0.1, 0.15) is 5.56 Å². The van der Waals surface area contributed by atoms with Crippen LogP contribution >= 0.6 is 39.1 Å². The van der Waals surface area contributed by atoms with E-state index in [2.05, 4.69) is 26.2 Å². The second-order valence-corrected chi connectivity index (χ2v) is 5.47. The van der Waals surface area contributed by atoms with E-state index in [4.69, 9.17) is 23.2 Å². The fourth-order valence-corrected chi connectivity index (χ4v) is 2.22. The van der Waals surface area contributed by atoms with Crippen molar-refractivity contribution in [3.05, 3.63) is 56.7 Å². The Morgan fingerprint density at radius 1 is 1.26 bits per heavy atom. The number of nitrogens with zero attached hydrogens (tertiary/aromatic N) is 1. The monoisotopic (exact) mass is 358 g/mol. The Labute approximate surface area is 129 Å². The van der Waals surface area contributed by atoms with Crippen LogP contribution in [-0.2, 0) is 11.2 Å². The van der Waals surface area contributed by atoms with Crippen molar-refractivity contribution in [1.29, 1.82) is 0 Å². The van der Waals surface area contributed by atoms with Crippen LogP contribution in [0.5, 0.6) is 0 Å². The SMILES string of the molecule is O=C(Cc1cccc(Cl)c1)Nc1cc(Cl)cnc1Br. The molecule has 98 valence electrons. The first-order valence-corrected chi connectivity index (χ1v) is 6.95. The highest BCUT2D eigenvalue weighted by atomic mass is 79.9. The first-order chi connectivity index (χ1) is 9.04. The lowest BCUT2D eigenvalue weighted by molar-refractivity contribution is -0.115. The molecule has 0 saturated carbocycles. The molecule has 1 aromatic heterocycles. The summed E-state index contributed by atoms with van der Waals surface area (Å²) in [6.45, 7) is 0. The van der Waals surface area contributed by atoms with Gasteiger partial charge in [0.15, 0.2) is 0 Å². The highest BCUT2D eigenvalue weighted by Gasteiger charge is 2.08. The maximum atomic E-state index is 11.9. The van der Waals surface area contributed by atoms with E-state index in [1.807, 2.05) is 12.1 Å². The number of amides is 1. The minimum Gasteiger partial charge on any atom is -0.323 e.